The standard InChI is InChI=1S/C45H52ClN3O7SSi/c1-58(2,3)27-26-57(52,53)49-40(20-13-25-47-42(35-16-9-5-10-17-35)43(56-45(47)51)36-18-11-6-12-19-36)44(50)48-29-41(49)39(46)32-54-31-37(48)28-33-21-23-38(24-22-33)55-30-34-14-7-4-8-15-34/h4-12,14-19,21-24,37,39-41H,13,20,25-32H2,1-3H3/t37-,39-,40+,41-/m0/s1. The molecule has 7 rings (SSSR count). The van der Waals surface area contributed by atoms with Crippen LogP contribution >= 0.6 is 11.6 Å². The highest BCUT2D eigenvalue weighted by Gasteiger charge is 2.51. The fourth-order valence-electron chi connectivity index (χ4n) is 7.84. The van der Waals surface area contributed by atoms with Crippen molar-refractivity contribution in [2.24, 2.45) is 0 Å². The first-order valence-corrected chi connectivity index (χ1v) is 25.8. The lowest BCUT2D eigenvalue weighted by atomic mass is 9.96. The minimum absolute atomic E-state index is 0.0602. The van der Waals surface area contributed by atoms with Crippen molar-refractivity contribution in [3.63, 3.8) is 0 Å². The lowest BCUT2D eigenvalue weighted by molar-refractivity contribution is -0.148. The van der Waals surface area contributed by atoms with E-state index >= 15 is 0 Å². The van der Waals surface area contributed by atoms with E-state index in [1.54, 1.807) is 9.47 Å². The molecule has 306 valence electrons. The Morgan fingerprint density at radius 3 is 2.10 bits per heavy atom. The number of alkyl halides is 1. The second-order valence-corrected chi connectivity index (χ2v) is 24.6. The molecule has 2 fully saturated rings. The second kappa shape index (κ2) is 18.2. The van der Waals surface area contributed by atoms with E-state index in [1.807, 2.05) is 115 Å². The average Bonchev–Trinajstić information content (AvgIpc) is 3.55. The monoisotopic (exact) mass is 841 g/mol. The van der Waals surface area contributed by atoms with E-state index in [0.29, 0.717) is 36.9 Å². The van der Waals surface area contributed by atoms with Crippen LogP contribution in [0.4, 0.5) is 0 Å². The Bertz CT molecular complexity index is 2300. The molecule has 58 heavy (non-hydrogen) atoms. The van der Waals surface area contributed by atoms with E-state index in [2.05, 4.69) is 19.6 Å². The molecule has 4 atom stereocenters. The molecule has 2 saturated heterocycles. The highest BCUT2D eigenvalue weighted by Crippen LogP contribution is 2.35. The van der Waals surface area contributed by atoms with Gasteiger partial charge in [-0.2, -0.15) is 4.31 Å². The van der Waals surface area contributed by atoms with Crippen molar-refractivity contribution in [1.82, 2.24) is 13.8 Å². The molecule has 0 aliphatic carbocycles. The van der Waals surface area contributed by atoms with Crippen LogP contribution in [0.1, 0.15) is 24.0 Å². The topological polar surface area (TPSA) is 111 Å². The van der Waals surface area contributed by atoms with Gasteiger partial charge in [0, 0.05) is 32.3 Å². The third-order valence-electron chi connectivity index (χ3n) is 10.9. The Morgan fingerprint density at radius 2 is 1.45 bits per heavy atom. The Morgan fingerprint density at radius 1 is 0.810 bits per heavy atom. The highest BCUT2D eigenvalue weighted by atomic mass is 35.5. The average molecular weight is 843 g/mol. The number of fused-ring (bicyclic) bond motifs is 2. The molecule has 13 heteroatoms. The molecule has 0 saturated carbocycles. The molecule has 2 aliphatic heterocycles. The smallest absolute Gasteiger partial charge is 0.419 e. The molecular weight excluding hydrogens is 790 g/mol. The zero-order valence-corrected chi connectivity index (χ0v) is 35.9. The maximum Gasteiger partial charge on any atom is 0.419 e. The first-order chi connectivity index (χ1) is 27.9. The number of carbonyl (C=O) groups is 1. The molecule has 2 bridgehead atoms. The van der Waals surface area contributed by atoms with Gasteiger partial charge < -0.3 is 18.8 Å². The second-order valence-electron chi connectivity index (χ2n) is 16.4. The number of nitrogens with zero attached hydrogens (tertiary/aromatic N) is 3. The van der Waals surface area contributed by atoms with Crippen molar-refractivity contribution >= 4 is 35.6 Å². The van der Waals surface area contributed by atoms with Crippen LogP contribution in [0.5, 0.6) is 5.75 Å². The fourth-order valence-corrected chi connectivity index (χ4v) is 13.1. The van der Waals surface area contributed by atoms with Gasteiger partial charge >= 0.3 is 5.76 Å². The summed E-state index contributed by atoms with van der Waals surface area (Å²) in [5, 5.41) is -0.670. The molecule has 1 amide bonds. The molecular formula is C45H52ClN3O7SSi. The summed E-state index contributed by atoms with van der Waals surface area (Å²) in [6.45, 7) is 7.66. The summed E-state index contributed by atoms with van der Waals surface area (Å²) in [6, 6.07) is 35.4. The molecule has 0 spiro atoms. The van der Waals surface area contributed by atoms with Crippen LogP contribution in [-0.2, 0) is 39.1 Å². The van der Waals surface area contributed by atoms with E-state index in [-0.39, 0.29) is 50.4 Å². The summed E-state index contributed by atoms with van der Waals surface area (Å²) in [7, 11) is -5.70. The number of hydrogen-bond acceptors (Lipinski definition) is 7. The summed E-state index contributed by atoms with van der Waals surface area (Å²) in [4.78, 5) is 30.2. The SMILES string of the molecule is C[Si](C)(C)CCS(=O)(=O)N1[C@H](CCCn2c(-c3ccccc3)c(-c3ccccc3)oc2=O)C(=O)N2C[C@H]1[C@@H](Cl)COC[C@@H]2Cc1ccc(OCc2ccccc2)cc1. The zero-order valence-electron chi connectivity index (χ0n) is 33.3. The first kappa shape index (κ1) is 41.7. The number of sulfonamides is 1. The van der Waals surface area contributed by atoms with Crippen molar-refractivity contribution in [3.8, 4) is 28.3 Å². The maximum absolute atomic E-state index is 14.9. The van der Waals surface area contributed by atoms with Crippen LogP contribution in [0.2, 0.25) is 25.7 Å². The van der Waals surface area contributed by atoms with Gasteiger partial charge in [0.25, 0.3) is 0 Å². The minimum Gasteiger partial charge on any atom is -0.489 e. The summed E-state index contributed by atoms with van der Waals surface area (Å²) in [6.07, 6.45) is 1.03. The summed E-state index contributed by atoms with van der Waals surface area (Å²) < 4.78 is 50.0. The number of piperazine rings is 1. The van der Waals surface area contributed by atoms with Gasteiger partial charge in [0.2, 0.25) is 15.9 Å². The Kier molecular flexibility index (Phi) is 13.1. The van der Waals surface area contributed by atoms with Gasteiger partial charge in [0.1, 0.15) is 18.4 Å². The molecule has 4 aromatic carbocycles. The number of carbonyl (C=O) groups excluding carboxylic acids is 1. The first-order valence-electron chi connectivity index (χ1n) is 20.0. The van der Waals surface area contributed by atoms with Crippen LogP contribution in [0.3, 0.4) is 0 Å². The van der Waals surface area contributed by atoms with Gasteiger partial charge in [-0.15, -0.1) is 11.6 Å². The lowest BCUT2D eigenvalue weighted by Gasteiger charge is -2.50. The molecule has 0 unspecified atom stereocenters. The number of aromatic nitrogens is 1. The molecule has 0 radical (unpaired) electrons. The minimum atomic E-state index is -3.92. The van der Waals surface area contributed by atoms with Gasteiger partial charge in [0.15, 0.2) is 5.76 Å². The normalized spacial score (nSPS) is 20.4. The maximum atomic E-state index is 14.9. The number of rotatable bonds is 15. The van der Waals surface area contributed by atoms with Crippen molar-refractivity contribution < 1.29 is 27.1 Å². The van der Waals surface area contributed by atoms with Crippen LogP contribution in [0.15, 0.2) is 124 Å². The van der Waals surface area contributed by atoms with Crippen LogP contribution in [0.25, 0.3) is 22.6 Å². The molecule has 3 heterocycles. The third kappa shape index (κ3) is 9.86. The number of amides is 1. The molecule has 1 aromatic heterocycles. The summed E-state index contributed by atoms with van der Waals surface area (Å²) >= 11 is 7.03. The van der Waals surface area contributed by atoms with E-state index in [1.165, 1.54) is 4.31 Å². The third-order valence-corrected chi connectivity index (χ3v) is 15.4. The number of ether oxygens (including phenoxy) is 2. The van der Waals surface area contributed by atoms with Crippen molar-refractivity contribution in [3.05, 3.63) is 137 Å². The molecule has 2 aliphatic rings. The van der Waals surface area contributed by atoms with Crippen LogP contribution in [0, 0.1) is 0 Å². The number of hydrogen-bond donors (Lipinski definition) is 0. The van der Waals surface area contributed by atoms with Gasteiger partial charge in [-0.05, 0) is 48.6 Å². The molecule has 0 N–H and O–H groups in total. The van der Waals surface area contributed by atoms with E-state index in [0.717, 1.165) is 28.0 Å². The lowest BCUT2D eigenvalue weighted by Crippen LogP contribution is -2.69. The van der Waals surface area contributed by atoms with Gasteiger partial charge in [-0.25, -0.2) is 13.2 Å². The van der Waals surface area contributed by atoms with Gasteiger partial charge in [-0.1, -0.05) is 123 Å². The number of halogens is 1. The van der Waals surface area contributed by atoms with Crippen molar-refractivity contribution in [2.45, 2.75) is 81.6 Å². The molecule has 5 aromatic rings. The van der Waals surface area contributed by atoms with Crippen molar-refractivity contribution in [2.75, 3.05) is 25.5 Å². The van der Waals surface area contributed by atoms with E-state index in [9.17, 15) is 18.0 Å². The Labute approximate surface area is 347 Å². The van der Waals surface area contributed by atoms with Crippen molar-refractivity contribution in [1.29, 1.82) is 0 Å². The fraction of sp³-hybridized carbons (Fsp3) is 0.378. The molecule has 10 nitrogen and oxygen atoms in total. The highest BCUT2D eigenvalue weighted by molar-refractivity contribution is 7.89. The summed E-state index contributed by atoms with van der Waals surface area (Å²) in [5.41, 5.74) is 4.29. The predicted octanol–water partition coefficient (Wildman–Crippen LogP) is 7.93. The number of benzene rings is 4. The van der Waals surface area contributed by atoms with E-state index < -0.39 is 41.3 Å². The quantitative estimate of drug-likeness (QED) is 0.0778. The largest absolute Gasteiger partial charge is 0.489 e. The van der Waals surface area contributed by atoms with Gasteiger partial charge in [0.05, 0.1) is 42.1 Å². The van der Waals surface area contributed by atoms with E-state index in [4.69, 9.17) is 25.5 Å². The zero-order chi connectivity index (χ0) is 40.9. The Hall–Kier alpha value is -4.46. The van der Waals surface area contributed by atoms with Crippen LogP contribution in [-0.4, -0.2) is 85.2 Å². The van der Waals surface area contributed by atoms with Crippen LogP contribution < -0.4 is 10.5 Å². The Balaban J connectivity index is 1.16. The summed E-state index contributed by atoms with van der Waals surface area (Å²) in [5.74, 6) is 0.342. The predicted molar refractivity (Wildman–Crippen MR) is 231 cm³/mol. The number of oxazole rings is 1. The van der Waals surface area contributed by atoms with Gasteiger partial charge in [-0.3, -0.25) is 9.36 Å².